The molecule has 2 aromatic heterocycles. The van der Waals surface area contributed by atoms with Crippen LogP contribution in [0.3, 0.4) is 0 Å². The molecule has 0 fully saturated rings. The number of benzene rings is 2. The van der Waals surface area contributed by atoms with E-state index >= 15 is 0 Å². The number of hydrogen-bond acceptors (Lipinski definition) is 3. The molecule has 0 N–H and O–H groups in total. The van der Waals surface area contributed by atoms with Gasteiger partial charge in [0.05, 0.1) is 5.39 Å². The highest BCUT2D eigenvalue weighted by Crippen LogP contribution is 2.40. The Morgan fingerprint density at radius 2 is 1.46 bits per heavy atom. The van der Waals surface area contributed by atoms with Gasteiger partial charge in [-0.05, 0) is 34.6 Å². The molecule has 0 unspecified atom stereocenters. The SMILES string of the molecule is CC(C)(C)c1cc(C(C)(C)C)c2oc3c4ccccc4oc(=O)c3c2c1. The number of fused-ring (bicyclic) bond motifs is 5. The maximum Gasteiger partial charge on any atom is 0.348 e. The third kappa shape index (κ3) is 2.45. The average molecular weight is 348 g/mol. The first-order valence-electron chi connectivity index (χ1n) is 9.00. The molecule has 0 amide bonds. The highest BCUT2D eigenvalue weighted by Gasteiger charge is 2.27. The van der Waals surface area contributed by atoms with Gasteiger partial charge in [0.25, 0.3) is 0 Å². The van der Waals surface area contributed by atoms with Crippen LogP contribution in [-0.4, -0.2) is 0 Å². The van der Waals surface area contributed by atoms with Crippen LogP contribution in [0.1, 0.15) is 52.7 Å². The van der Waals surface area contributed by atoms with E-state index in [1.54, 1.807) is 6.07 Å². The van der Waals surface area contributed by atoms with Crippen molar-refractivity contribution in [3.8, 4) is 0 Å². The number of para-hydroxylation sites is 1. The Morgan fingerprint density at radius 1 is 0.769 bits per heavy atom. The second kappa shape index (κ2) is 5.23. The molecule has 0 radical (unpaired) electrons. The minimum atomic E-state index is -0.344. The molecule has 3 heteroatoms. The van der Waals surface area contributed by atoms with Crippen LogP contribution < -0.4 is 5.63 Å². The molecule has 0 spiro atoms. The minimum Gasteiger partial charge on any atom is -0.455 e. The summed E-state index contributed by atoms with van der Waals surface area (Å²) in [7, 11) is 0. The molecule has 0 saturated carbocycles. The molecule has 0 bridgehead atoms. The number of furan rings is 1. The normalized spacial score (nSPS) is 13.2. The van der Waals surface area contributed by atoms with Gasteiger partial charge in [-0.25, -0.2) is 4.79 Å². The third-order valence-corrected chi connectivity index (χ3v) is 5.00. The van der Waals surface area contributed by atoms with Crippen molar-refractivity contribution in [3.05, 3.63) is 57.9 Å². The summed E-state index contributed by atoms with van der Waals surface area (Å²) in [5, 5.41) is 2.21. The summed E-state index contributed by atoms with van der Waals surface area (Å²) in [4.78, 5) is 12.8. The first-order valence-corrected chi connectivity index (χ1v) is 9.00. The van der Waals surface area contributed by atoms with Gasteiger partial charge < -0.3 is 8.83 Å². The minimum absolute atomic E-state index is 0.0329. The van der Waals surface area contributed by atoms with Gasteiger partial charge >= 0.3 is 5.63 Å². The molecule has 3 nitrogen and oxygen atoms in total. The summed E-state index contributed by atoms with van der Waals surface area (Å²) < 4.78 is 11.9. The Labute approximate surface area is 152 Å². The van der Waals surface area contributed by atoms with Crippen molar-refractivity contribution in [3.63, 3.8) is 0 Å². The lowest BCUT2D eigenvalue weighted by atomic mass is 9.79. The van der Waals surface area contributed by atoms with Crippen molar-refractivity contribution >= 4 is 32.9 Å². The Kier molecular flexibility index (Phi) is 3.40. The lowest BCUT2D eigenvalue weighted by Crippen LogP contribution is -2.16. The van der Waals surface area contributed by atoms with E-state index in [9.17, 15) is 4.79 Å². The van der Waals surface area contributed by atoms with Crippen molar-refractivity contribution in [2.75, 3.05) is 0 Å². The van der Waals surface area contributed by atoms with Gasteiger partial charge in [-0.2, -0.15) is 0 Å². The summed E-state index contributed by atoms with van der Waals surface area (Å²) in [6.45, 7) is 13.0. The van der Waals surface area contributed by atoms with Crippen LogP contribution in [0.15, 0.2) is 50.0 Å². The quantitative estimate of drug-likeness (QED) is 0.351. The molecule has 0 atom stereocenters. The molecule has 26 heavy (non-hydrogen) atoms. The fourth-order valence-electron chi connectivity index (χ4n) is 3.48. The van der Waals surface area contributed by atoms with Gasteiger partial charge in [-0.1, -0.05) is 59.7 Å². The van der Waals surface area contributed by atoms with Crippen molar-refractivity contribution in [2.45, 2.75) is 52.4 Å². The highest BCUT2D eigenvalue weighted by atomic mass is 16.4. The highest BCUT2D eigenvalue weighted by molar-refractivity contribution is 6.13. The predicted molar refractivity (Wildman–Crippen MR) is 107 cm³/mol. The third-order valence-electron chi connectivity index (χ3n) is 5.00. The Balaban J connectivity index is 2.28. The Bertz CT molecular complexity index is 1210. The summed E-state index contributed by atoms with van der Waals surface area (Å²) in [5.74, 6) is 0. The molecule has 4 aromatic rings. The second-order valence-corrected chi connectivity index (χ2v) is 9.09. The lowest BCUT2D eigenvalue weighted by Gasteiger charge is -2.25. The van der Waals surface area contributed by atoms with Crippen LogP contribution >= 0.6 is 0 Å². The van der Waals surface area contributed by atoms with Crippen LogP contribution in [0, 0.1) is 0 Å². The molecule has 0 aliphatic rings. The molecule has 2 heterocycles. The Morgan fingerprint density at radius 3 is 2.12 bits per heavy atom. The van der Waals surface area contributed by atoms with E-state index in [1.165, 1.54) is 5.56 Å². The lowest BCUT2D eigenvalue weighted by molar-refractivity contribution is 0.557. The smallest absolute Gasteiger partial charge is 0.348 e. The van der Waals surface area contributed by atoms with E-state index in [0.29, 0.717) is 16.6 Å². The van der Waals surface area contributed by atoms with Gasteiger partial charge in [0.2, 0.25) is 0 Å². The van der Waals surface area contributed by atoms with Crippen LogP contribution in [0.2, 0.25) is 0 Å². The van der Waals surface area contributed by atoms with E-state index in [4.69, 9.17) is 8.83 Å². The predicted octanol–water partition coefficient (Wildman–Crippen LogP) is 6.29. The van der Waals surface area contributed by atoms with E-state index < -0.39 is 0 Å². The van der Waals surface area contributed by atoms with Gasteiger partial charge in [0.15, 0.2) is 5.58 Å². The van der Waals surface area contributed by atoms with E-state index in [2.05, 4.69) is 53.7 Å². The fourth-order valence-corrected chi connectivity index (χ4v) is 3.48. The maximum atomic E-state index is 12.8. The van der Waals surface area contributed by atoms with Crippen LogP contribution in [-0.2, 0) is 10.8 Å². The fraction of sp³-hybridized carbons (Fsp3) is 0.348. The van der Waals surface area contributed by atoms with Crippen LogP contribution in [0.5, 0.6) is 0 Å². The average Bonchev–Trinajstić information content (AvgIpc) is 2.92. The molecule has 0 aliphatic heterocycles. The van der Waals surface area contributed by atoms with Crippen molar-refractivity contribution in [1.29, 1.82) is 0 Å². The zero-order valence-corrected chi connectivity index (χ0v) is 16.2. The number of hydrogen-bond donors (Lipinski definition) is 0. The number of rotatable bonds is 0. The van der Waals surface area contributed by atoms with Crippen molar-refractivity contribution < 1.29 is 8.83 Å². The standard InChI is InChI=1S/C23H24O3/c1-22(2,3)13-11-15-18-20(26-19(15)16(12-13)23(4,5)6)14-9-7-8-10-17(14)25-21(18)24/h7-12H,1-6H3. The molecular weight excluding hydrogens is 324 g/mol. The van der Waals surface area contributed by atoms with Gasteiger partial charge in [0, 0.05) is 10.9 Å². The largest absolute Gasteiger partial charge is 0.455 e. The second-order valence-electron chi connectivity index (χ2n) is 9.09. The van der Waals surface area contributed by atoms with Crippen molar-refractivity contribution in [1.82, 2.24) is 0 Å². The van der Waals surface area contributed by atoms with E-state index in [-0.39, 0.29) is 16.5 Å². The summed E-state index contributed by atoms with van der Waals surface area (Å²) in [5.41, 5.74) is 3.76. The zero-order valence-electron chi connectivity index (χ0n) is 16.2. The van der Waals surface area contributed by atoms with Gasteiger partial charge in [0.1, 0.15) is 16.6 Å². The van der Waals surface area contributed by atoms with E-state index in [1.807, 2.05) is 18.2 Å². The zero-order chi connectivity index (χ0) is 18.9. The monoisotopic (exact) mass is 348 g/mol. The summed E-state index contributed by atoms with van der Waals surface area (Å²) in [6, 6.07) is 11.8. The summed E-state index contributed by atoms with van der Waals surface area (Å²) in [6.07, 6.45) is 0. The molecule has 134 valence electrons. The first-order chi connectivity index (χ1) is 12.1. The van der Waals surface area contributed by atoms with Gasteiger partial charge in [-0.3, -0.25) is 0 Å². The van der Waals surface area contributed by atoms with Crippen LogP contribution in [0.25, 0.3) is 32.9 Å². The molecule has 2 aromatic carbocycles. The van der Waals surface area contributed by atoms with E-state index in [0.717, 1.165) is 21.9 Å². The van der Waals surface area contributed by atoms with Crippen molar-refractivity contribution in [2.24, 2.45) is 0 Å². The first kappa shape index (κ1) is 16.9. The molecular formula is C23H24O3. The molecule has 0 saturated heterocycles. The van der Waals surface area contributed by atoms with Gasteiger partial charge in [-0.15, -0.1) is 0 Å². The molecule has 0 aliphatic carbocycles. The topological polar surface area (TPSA) is 43.4 Å². The summed E-state index contributed by atoms with van der Waals surface area (Å²) >= 11 is 0. The van der Waals surface area contributed by atoms with Crippen LogP contribution in [0.4, 0.5) is 0 Å². The maximum absolute atomic E-state index is 12.8. The Hall–Kier alpha value is -2.55. The molecule has 4 rings (SSSR count).